The van der Waals surface area contributed by atoms with Crippen LogP contribution in [0.1, 0.15) is 15.6 Å². The Kier molecular flexibility index (Phi) is 3.52. The molecule has 0 aliphatic rings. The number of rotatable bonds is 3. The lowest BCUT2D eigenvalue weighted by Gasteiger charge is -1.99. The molecule has 0 atom stereocenters. The lowest BCUT2D eigenvalue weighted by atomic mass is 10.2. The van der Waals surface area contributed by atoms with Crippen LogP contribution in [0.25, 0.3) is 21.2 Å². The Balaban J connectivity index is 1.52. The molecule has 0 aliphatic carbocycles. The van der Waals surface area contributed by atoms with Crippen LogP contribution in [0.15, 0.2) is 52.9 Å². The second kappa shape index (κ2) is 5.68. The highest BCUT2D eigenvalue weighted by molar-refractivity contribution is 7.18. The van der Waals surface area contributed by atoms with Crippen LogP contribution in [0, 0.1) is 0 Å². The van der Waals surface area contributed by atoms with Gasteiger partial charge in [0.2, 0.25) is 0 Å². The number of carbonyl (C=O) groups excluding carboxylic acids is 1. The molecule has 1 N–H and O–H groups in total. The molecule has 2 heterocycles. The van der Waals surface area contributed by atoms with Gasteiger partial charge < -0.3 is 9.73 Å². The first-order valence-electron chi connectivity index (χ1n) is 7.01. The largest absolute Gasteiger partial charge is 0.451 e. The molecular weight excluding hydrogens is 332 g/mol. The van der Waals surface area contributed by atoms with E-state index in [0.717, 1.165) is 20.6 Å². The number of furan rings is 1. The van der Waals surface area contributed by atoms with E-state index in [2.05, 4.69) is 10.3 Å². The van der Waals surface area contributed by atoms with Gasteiger partial charge in [0.05, 0.1) is 16.8 Å². The third kappa shape index (κ3) is 2.81. The fourth-order valence-electron chi connectivity index (χ4n) is 2.36. The van der Waals surface area contributed by atoms with Crippen LogP contribution in [0.5, 0.6) is 0 Å². The van der Waals surface area contributed by atoms with Crippen LogP contribution < -0.4 is 5.32 Å². The van der Waals surface area contributed by atoms with Gasteiger partial charge in [-0.3, -0.25) is 4.79 Å². The number of fused-ring (bicyclic) bond motifs is 2. The van der Waals surface area contributed by atoms with Crippen molar-refractivity contribution in [3.63, 3.8) is 0 Å². The zero-order valence-corrected chi connectivity index (χ0v) is 13.4. The molecule has 0 spiro atoms. The molecule has 23 heavy (non-hydrogen) atoms. The molecule has 0 saturated heterocycles. The van der Waals surface area contributed by atoms with Gasteiger partial charge in [0.15, 0.2) is 5.76 Å². The first-order chi connectivity index (χ1) is 11.2. The number of benzene rings is 2. The van der Waals surface area contributed by atoms with Crippen molar-refractivity contribution in [1.29, 1.82) is 0 Å². The SMILES string of the molecule is O=C(NCc1nc2ccccc2s1)c1cc2cc(Cl)ccc2o1. The van der Waals surface area contributed by atoms with Crippen LogP contribution in [0.3, 0.4) is 0 Å². The van der Waals surface area contributed by atoms with Crippen molar-refractivity contribution in [3.8, 4) is 0 Å². The van der Waals surface area contributed by atoms with Crippen LogP contribution in [-0.4, -0.2) is 10.9 Å². The third-order valence-electron chi connectivity index (χ3n) is 3.44. The Morgan fingerprint density at radius 1 is 1.22 bits per heavy atom. The lowest BCUT2D eigenvalue weighted by Crippen LogP contribution is -2.22. The van der Waals surface area contributed by atoms with E-state index in [1.165, 1.54) is 0 Å². The number of hydrogen-bond acceptors (Lipinski definition) is 4. The Morgan fingerprint density at radius 3 is 2.96 bits per heavy atom. The first-order valence-corrected chi connectivity index (χ1v) is 8.20. The van der Waals surface area contributed by atoms with E-state index in [1.54, 1.807) is 35.6 Å². The Morgan fingerprint density at radius 2 is 2.09 bits per heavy atom. The van der Waals surface area contributed by atoms with Gasteiger partial charge in [-0.15, -0.1) is 11.3 Å². The summed E-state index contributed by atoms with van der Waals surface area (Å²) in [7, 11) is 0. The Labute approximate surface area is 140 Å². The van der Waals surface area contributed by atoms with Gasteiger partial charge >= 0.3 is 0 Å². The highest BCUT2D eigenvalue weighted by Crippen LogP contribution is 2.24. The van der Waals surface area contributed by atoms with Gasteiger partial charge in [0, 0.05) is 10.4 Å². The lowest BCUT2D eigenvalue weighted by molar-refractivity contribution is 0.0925. The molecule has 0 aliphatic heterocycles. The zero-order valence-electron chi connectivity index (χ0n) is 11.9. The molecule has 0 saturated carbocycles. The number of hydrogen-bond donors (Lipinski definition) is 1. The summed E-state index contributed by atoms with van der Waals surface area (Å²) < 4.78 is 6.65. The summed E-state index contributed by atoms with van der Waals surface area (Å²) >= 11 is 7.51. The molecule has 2 aromatic heterocycles. The Bertz CT molecular complexity index is 989. The zero-order chi connectivity index (χ0) is 15.8. The Hall–Kier alpha value is -2.37. The average Bonchev–Trinajstić information content (AvgIpc) is 3.15. The summed E-state index contributed by atoms with van der Waals surface area (Å²) in [6.45, 7) is 0.371. The minimum Gasteiger partial charge on any atom is -0.451 e. The van der Waals surface area contributed by atoms with Crippen molar-refractivity contribution in [2.45, 2.75) is 6.54 Å². The van der Waals surface area contributed by atoms with Crippen molar-refractivity contribution in [2.24, 2.45) is 0 Å². The molecule has 1 amide bonds. The molecule has 4 rings (SSSR count). The highest BCUT2D eigenvalue weighted by atomic mass is 35.5. The van der Waals surface area contributed by atoms with Crippen molar-refractivity contribution in [3.05, 3.63) is 64.3 Å². The maximum Gasteiger partial charge on any atom is 0.287 e. The van der Waals surface area contributed by atoms with E-state index in [1.807, 2.05) is 24.3 Å². The minimum atomic E-state index is -0.267. The topological polar surface area (TPSA) is 55.1 Å². The number of carbonyl (C=O) groups is 1. The summed E-state index contributed by atoms with van der Waals surface area (Å²) in [5.74, 6) is -0.0000404. The molecule has 0 radical (unpaired) electrons. The summed E-state index contributed by atoms with van der Waals surface area (Å²) in [6.07, 6.45) is 0. The molecule has 4 aromatic rings. The van der Waals surface area contributed by atoms with Gasteiger partial charge in [-0.05, 0) is 36.4 Å². The van der Waals surface area contributed by atoms with Crippen LogP contribution in [0.2, 0.25) is 5.02 Å². The summed E-state index contributed by atoms with van der Waals surface area (Å²) in [4.78, 5) is 16.7. The van der Waals surface area contributed by atoms with Gasteiger partial charge in [-0.2, -0.15) is 0 Å². The quantitative estimate of drug-likeness (QED) is 0.590. The van der Waals surface area contributed by atoms with Gasteiger partial charge in [-0.25, -0.2) is 4.98 Å². The highest BCUT2D eigenvalue weighted by Gasteiger charge is 2.13. The van der Waals surface area contributed by atoms with Crippen LogP contribution in [0.4, 0.5) is 0 Å². The number of nitrogens with one attached hydrogen (secondary N) is 1. The predicted molar refractivity (Wildman–Crippen MR) is 92.0 cm³/mol. The number of thiazole rings is 1. The van der Waals surface area contributed by atoms with E-state index in [0.29, 0.717) is 17.2 Å². The second-order valence-electron chi connectivity index (χ2n) is 5.05. The molecule has 0 bridgehead atoms. The van der Waals surface area contributed by atoms with Crippen LogP contribution >= 0.6 is 22.9 Å². The minimum absolute atomic E-state index is 0.267. The fourth-order valence-corrected chi connectivity index (χ4v) is 3.45. The standard InChI is InChI=1S/C17H11ClN2O2S/c18-11-5-6-13-10(7-11)8-14(22-13)17(21)19-9-16-20-12-3-1-2-4-15(12)23-16/h1-8H,9H2,(H,19,21). The fraction of sp³-hybridized carbons (Fsp3) is 0.0588. The molecule has 4 nitrogen and oxygen atoms in total. The number of aromatic nitrogens is 1. The van der Waals surface area contributed by atoms with Gasteiger partial charge in [0.25, 0.3) is 5.91 Å². The van der Waals surface area contributed by atoms with Crippen molar-refractivity contribution >= 4 is 50.0 Å². The number of halogens is 1. The number of amides is 1. The summed E-state index contributed by atoms with van der Waals surface area (Å²) in [5, 5.41) is 5.11. The number of para-hydroxylation sites is 1. The van der Waals surface area contributed by atoms with E-state index in [4.69, 9.17) is 16.0 Å². The molecule has 2 aromatic carbocycles. The molecule has 0 unspecified atom stereocenters. The normalized spacial score (nSPS) is 11.2. The summed E-state index contributed by atoms with van der Waals surface area (Å²) in [6, 6.07) is 14.8. The third-order valence-corrected chi connectivity index (χ3v) is 4.71. The molecule has 0 fully saturated rings. The number of nitrogens with zero attached hydrogens (tertiary/aromatic N) is 1. The van der Waals surface area contributed by atoms with E-state index in [-0.39, 0.29) is 11.7 Å². The van der Waals surface area contributed by atoms with Crippen LogP contribution in [-0.2, 0) is 6.54 Å². The average molecular weight is 343 g/mol. The van der Waals surface area contributed by atoms with Gasteiger partial charge in [0.1, 0.15) is 10.6 Å². The maximum absolute atomic E-state index is 12.2. The van der Waals surface area contributed by atoms with Crippen molar-refractivity contribution in [2.75, 3.05) is 0 Å². The monoisotopic (exact) mass is 342 g/mol. The van der Waals surface area contributed by atoms with E-state index in [9.17, 15) is 4.79 Å². The predicted octanol–water partition coefficient (Wildman–Crippen LogP) is 4.63. The summed E-state index contributed by atoms with van der Waals surface area (Å²) in [5.41, 5.74) is 1.58. The van der Waals surface area contributed by atoms with E-state index < -0.39 is 0 Å². The van der Waals surface area contributed by atoms with Crippen molar-refractivity contribution < 1.29 is 9.21 Å². The first kappa shape index (κ1) is 14.2. The molecule has 6 heteroatoms. The van der Waals surface area contributed by atoms with Crippen molar-refractivity contribution in [1.82, 2.24) is 10.3 Å². The molecule has 114 valence electrons. The maximum atomic E-state index is 12.2. The van der Waals surface area contributed by atoms with E-state index >= 15 is 0 Å². The van der Waals surface area contributed by atoms with Gasteiger partial charge in [-0.1, -0.05) is 23.7 Å². The smallest absolute Gasteiger partial charge is 0.287 e. The molecular formula is C17H11ClN2O2S. The second-order valence-corrected chi connectivity index (χ2v) is 6.60.